The van der Waals surface area contributed by atoms with Gasteiger partial charge in [0.15, 0.2) is 0 Å². The van der Waals surface area contributed by atoms with E-state index in [2.05, 4.69) is 33.8 Å². The maximum atomic E-state index is 12.7. The molecule has 33 heavy (non-hydrogen) atoms. The first kappa shape index (κ1) is 27.4. The van der Waals surface area contributed by atoms with Gasteiger partial charge in [0.25, 0.3) is 10.0 Å². The molecule has 3 N–H and O–H groups in total. The van der Waals surface area contributed by atoms with Gasteiger partial charge < -0.3 is 15.3 Å². The van der Waals surface area contributed by atoms with E-state index in [9.17, 15) is 18.3 Å². The van der Waals surface area contributed by atoms with Crippen molar-refractivity contribution in [2.75, 3.05) is 18.0 Å². The third-order valence-corrected chi connectivity index (χ3v) is 8.21. The number of carbonyl (C=O) groups is 1. The molecule has 9 heteroatoms. The minimum Gasteiger partial charge on any atom is -0.392 e. The molecule has 1 aliphatic heterocycles. The van der Waals surface area contributed by atoms with Gasteiger partial charge in [0.1, 0.15) is 10.7 Å². The number of aromatic nitrogens is 1. The molecule has 1 aromatic rings. The van der Waals surface area contributed by atoms with Crippen LogP contribution >= 0.6 is 0 Å². The van der Waals surface area contributed by atoms with Gasteiger partial charge in [-0.25, -0.2) is 22.9 Å². The van der Waals surface area contributed by atoms with Crippen LogP contribution in [-0.2, 0) is 10.0 Å². The second-order valence-electron chi connectivity index (χ2n) is 9.49. The first-order chi connectivity index (χ1) is 15.6. The molecule has 1 fully saturated rings. The summed E-state index contributed by atoms with van der Waals surface area (Å²) in [6.45, 7) is 11.8. The van der Waals surface area contributed by atoms with Crippen molar-refractivity contribution in [2.24, 2.45) is 17.8 Å². The van der Waals surface area contributed by atoms with Gasteiger partial charge in [-0.2, -0.15) is 0 Å². The van der Waals surface area contributed by atoms with E-state index in [4.69, 9.17) is 0 Å². The zero-order valence-electron chi connectivity index (χ0n) is 20.8. The van der Waals surface area contributed by atoms with E-state index in [1.54, 1.807) is 6.07 Å². The Morgan fingerprint density at radius 1 is 1.12 bits per heavy atom. The highest BCUT2D eigenvalue weighted by Crippen LogP contribution is 2.29. The lowest BCUT2D eigenvalue weighted by atomic mass is 9.76. The van der Waals surface area contributed by atoms with Gasteiger partial charge in [0, 0.05) is 31.2 Å². The number of aliphatic hydroxyl groups is 1. The molecule has 1 aromatic heterocycles. The van der Waals surface area contributed by atoms with Gasteiger partial charge in [-0.15, -0.1) is 0 Å². The molecule has 1 unspecified atom stereocenters. The Morgan fingerprint density at radius 2 is 1.79 bits per heavy atom. The van der Waals surface area contributed by atoms with Crippen molar-refractivity contribution in [3.8, 4) is 0 Å². The monoisotopic (exact) mass is 482 g/mol. The average molecular weight is 483 g/mol. The maximum Gasteiger partial charge on any atom is 0.328 e. The number of pyridine rings is 1. The fraction of sp³-hybridized carbons (Fsp3) is 0.750. The molecule has 1 saturated heterocycles. The van der Waals surface area contributed by atoms with Crippen molar-refractivity contribution in [2.45, 2.75) is 90.2 Å². The summed E-state index contributed by atoms with van der Waals surface area (Å²) < 4.78 is 27.6. The van der Waals surface area contributed by atoms with Crippen LogP contribution in [0.5, 0.6) is 0 Å². The molecule has 0 radical (unpaired) electrons. The van der Waals surface area contributed by atoms with Crippen LogP contribution in [0.2, 0.25) is 0 Å². The maximum absolute atomic E-state index is 12.7. The molecule has 188 valence electrons. The molecule has 0 saturated carbocycles. The fourth-order valence-corrected chi connectivity index (χ4v) is 5.61. The van der Waals surface area contributed by atoms with Crippen molar-refractivity contribution in [3.05, 3.63) is 18.3 Å². The number of piperidine rings is 1. The molecule has 1 aliphatic rings. The Balaban J connectivity index is 2.05. The highest BCUT2D eigenvalue weighted by molar-refractivity contribution is 7.90. The van der Waals surface area contributed by atoms with Crippen LogP contribution in [0.3, 0.4) is 0 Å². The molecular formula is C24H42N4O4S. The Bertz CT molecular complexity index is 841. The number of anilines is 1. The van der Waals surface area contributed by atoms with Crippen molar-refractivity contribution >= 4 is 21.9 Å². The number of hydrogen-bond donors (Lipinski definition) is 3. The molecule has 2 rings (SSSR count). The number of nitrogens with zero attached hydrogens (tertiary/aromatic N) is 2. The normalized spacial score (nSPS) is 19.3. The van der Waals surface area contributed by atoms with Crippen LogP contribution in [0.4, 0.5) is 10.6 Å². The molecule has 0 aliphatic carbocycles. The average Bonchev–Trinajstić information content (AvgIpc) is 2.79. The van der Waals surface area contributed by atoms with Crippen molar-refractivity contribution in [1.82, 2.24) is 15.0 Å². The summed E-state index contributed by atoms with van der Waals surface area (Å²) in [6.07, 6.45) is 6.82. The van der Waals surface area contributed by atoms with Crippen LogP contribution in [0.15, 0.2) is 23.2 Å². The number of hydrogen-bond acceptors (Lipinski definition) is 6. The van der Waals surface area contributed by atoms with Crippen LogP contribution in [0, 0.1) is 17.8 Å². The fourth-order valence-electron chi connectivity index (χ4n) is 4.75. The molecule has 2 heterocycles. The van der Waals surface area contributed by atoms with E-state index in [1.165, 1.54) is 18.7 Å². The summed E-state index contributed by atoms with van der Waals surface area (Å²) >= 11 is 0. The first-order valence-electron chi connectivity index (χ1n) is 12.3. The number of nitrogens with one attached hydrogen (secondary N) is 2. The minimum absolute atomic E-state index is 0.0541. The minimum atomic E-state index is -4.06. The van der Waals surface area contributed by atoms with E-state index in [0.717, 1.165) is 51.0 Å². The highest BCUT2D eigenvalue weighted by atomic mass is 32.2. The van der Waals surface area contributed by atoms with E-state index < -0.39 is 28.2 Å². The molecule has 2 amide bonds. The van der Waals surface area contributed by atoms with Gasteiger partial charge in [-0.05, 0) is 50.2 Å². The predicted octanol–water partition coefficient (Wildman–Crippen LogP) is 3.91. The summed E-state index contributed by atoms with van der Waals surface area (Å²) in [6, 6.07) is 1.97. The summed E-state index contributed by atoms with van der Waals surface area (Å²) in [5.41, 5.74) is 0. The molecule has 5 atom stereocenters. The molecule has 0 spiro atoms. The molecule has 0 bridgehead atoms. The zero-order valence-corrected chi connectivity index (χ0v) is 21.6. The van der Waals surface area contributed by atoms with Crippen LogP contribution in [0.1, 0.15) is 73.1 Å². The number of sulfonamides is 1. The van der Waals surface area contributed by atoms with Crippen molar-refractivity contribution < 1.29 is 18.3 Å². The van der Waals surface area contributed by atoms with E-state index >= 15 is 0 Å². The topological polar surface area (TPSA) is 112 Å². The lowest BCUT2D eigenvalue weighted by molar-refractivity contribution is 0.0145. The van der Waals surface area contributed by atoms with Gasteiger partial charge in [-0.3, -0.25) is 0 Å². The molecule has 8 nitrogen and oxygen atoms in total. The van der Waals surface area contributed by atoms with Gasteiger partial charge in [-0.1, -0.05) is 47.0 Å². The molecular weight excluding hydrogens is 440 g/mol. The van der Waals surface area contributed by atoms with E-state index in [-0.39, 0.29) is 22.6 Å². The summed E-state index contributed by atoms with van der Waals surface area (Å²) in [5.74, 6) is 0.824. The lowest BCUT2D eigenvalue weighted by Gasteiger charge is -2.36. The quantitative estimate of drug-likeness (QED) is 0.441. The van der Waals surface area contributed by atoms with Crippen molar-refractivity contribution in [3.63, 3.8) is 0 Å². The highest BCUT2D eigenvalue weighted by Gasteiger charge is 2.34. The molecule has 0 aromatic carbocycles. The number of rotatable bonds is 11. The third-order valence-electron chi connectivity index (χ3n) is 6.90. The van der Waals surface area contributed by atoms with Gasteiger partial charge in [0.2, 0.25) is 0 Å². The van der Waals surface area contributed by atoms with Crippen LogP contribution in [0.25, 0.3) is 0 Å². The zero-order chi connectivity index (χ0) is 24.6. The standard InChI is InChI=1S/C24H42N4O4S/c1-6-11-18(4)22(23(29)17(3)7-2)19(5)26-24(30)27-33(31,32)20-12-13-21(25-16-20)28-14-9-8-10-15-28/h12-13,16-19,22-23,29H,6-11,14-15H2,1-5H3,(H2,26,27,30)/t17-,18-,19?,22-,23+/m0/s1. The Hall–Kier alpha value is -1.87. The SMILES string of the molecule is CCC[C@H](C)[C@@H](C(C)NC(=O)NS(=O)(=O)c1ccc(N2CCCCC2)nc1)[C@H](O)[C@@H](C)CC. The second kappa shape index (κ2) is 12.6. The number of amides is 2. The van der Waals surface area contributed by atoms with Gasteiger partial charge >= 0.3 is 6.03 Å². The van der Waals surface area contributed by atoms with Crippen LogP contribution in [-0.4, -0.2) is 49.8 Å². The number of urea groups is 1. The van der Waals surface area contributed by atoms with E-state index in [0.29, 0.717) is 0 Å². The Kier molecular flexibility index (Phi) is 10.4. The summed E-state index contributed by atoms with van der Waals surface area (Å²) in [7, 11) is -4.06. The van der Waals surface area contributed by atoms with E-state index in [1.807, 2.05) is 20.8 Å². The van der Waals surface area contributed by atoms with Crippen molar-refractivity contribution in [1.29, 1.82) is 0 Å². The summed E-state index contributed by atoms with van der Waals surface area (Å²) in [5, 5.41) is 13.6. The largest absolute Gasteiger partial charge is 0.392 e. The third kappa shape index (κ3) is 7.57. The Labute approximate surface area is 199 Å². The summed E-state index contributed by atoms with van der Waals surface area (Å²) in [4.78, 5) is 19.0. The lowest BCUT2D eigenvalue weighted by Crippen LogP contribution is -2.51. The van der Waals surface area contributed by atoms with Gasteiger partial charge in [0.05, 0.1) is 6.10 Å². The Morgan fingerprint density at radius 3 is 2.33 bits per heavy atom. The predicted molar refractivity (Wildman–Crippen MR) is 132 cm³/mol. The number of carbonyl (C=O) groups excluding carboxylic acids is 1. The second-order valence-corrected chi connectivity index (χ2v) is 11.2. The smallest absolute Gasteiger partial charge is 0.328 e. The number of aliphatic hydroxyl groups excluding tert-OH is 1. The first-order valence-corrected chi connectivity index (χ1v) is 13.8. The van der Waals surface area contributed by atoms with Crippen LogP contribution < -0.4 is 14.9 Å².